The first-order chi connectivity index (χ1) is 9.61. The van der Waals surface area contributed by atoms with Gasteiger partial charge in [0.15, 0.2) is 5.78 Å². The molecular weight excluding hydrogens is 427 g/mol. The molecule has 2 aromatic carbocycles. The van der Waals surface area contributed by atoms with Crippen LogP contribution in [0.2, 0.25) is 0 Å². The average Bonchev–Trinajstić information content (AvgIpc) is 2.47. The first-order valence-electron chi connectivity index (χ1n) is 6.70. The fourth-order valence-electron chi connectivity index (χ4n) is 2.03. The molecule has 3 heteroatoms. The molecule has 0 atom stereocenters. The highest BCUT2D eigenvalue weighted by Crippen LogP contribution is 2.22. The third kappa shape index (κ3) is 3.92. The SMILES string of the molecule is CCCCc1ccc(C(=O)c2cc(I)ccc2Br)cc1. The minimum atomic E-state index is 0.0671. The van der Waals surface area contributed by atoms with E-state index in [-0.39, 0.29) is 5.78 Å². The molecule has 104 valence electrons. The van der Waals surface area contributed by atoms with Crippen molar-refractivity contribution in [3.63, 3.8) is 0 Å². The van der Waals surface area contributed by atoms with Crippen LogP contribution in [0.15, 0.2) is 46.9 Å². The maximum Gasteiger partial charge on any atom is 0.194 e. The first-order valence-corrected chi connectivity index (χ1v) is 8.57. The van der Waals surface area contributed by atoms with Gasteiger partial charge >= 0.3 is 0 Å². The van der Waals surface area contributed by atoms with Gasteiger partial charge in [-0.25, -0.2) is 0 Å². The van der Waals surface area contributed by atoms with E-state index in [1.54, 1.807) is 0 Å². The smallest absolute Gasteiger partial charge is 0.194 e. The summed E-state index contributed by atoms with van der Waals surface area (Å²) < 4.78 is 1.91. The molecule has 0 saturated heterocycles. The van der Waals surface area contributed by atoms with E-state index in [1.807, 2.05) is 30.3 Å². The Balaban J connectivity index is 2.22. The van der Waals surface area contributed by atoms with Crippen LogP contribution in [0.3, 0.4) is 0 Å². The summed E-state index contributed by atoms with van der Waals surface area (Å²) in [5.41, 5.74) is 2.76. The lowest BCUT2D eigenvalue weighted by Gasteiger charge is -2.06. The Kier molecular flexibility index (Phi) is 5.78. The molecule has 2 rings (SSSR count). The summed E-state index contributed by atoms with van der Waals surface area (Å²) in [6.07, 6.45) is 3.46. The molecule has 2 aromatic rings. The molecule has 0 aromatic heterocycles. The largest absolute Gasteiger partial charge is 0.289 e. The van der Waals surface area contributed by atoms with Crippen LogP contribution in [0.1, 0.15) is 41.3 Å². The molecule has 0 spiro atoms. The number of benzene rings is 2. The third-order valence-corrected chi connectivity index (χ3v) is 4.57. The monoisotopic (exact) mass is 442 g/mol. The van der Waals surface area contributed by atoms with Gasteiger partial charge in [0.2, 0.25) is 0 Å². The minimum absolute atomic E-state index is 0.0671. The number of rotatable bonds is 5. The van der Waals surface area contributed by atoms with Crippen LogP contribution >= 0.6 is 38.5 Å². The standard InChI is InChI=1S/C17H16BrIO/c1-2-3-4-12-5-7-13(8-6-12)17(20)15-11-14(19)9-10-16(15)18/h5-11H,2-4H2,1H3. The van der Waals surface area contributed by atoms with Gasteiger partial charge in [0.25, 0.3) is 0 Å². The van der Waals surface area contributed by atoms with Crippen molar-refractivity contribution >= 4 is 44.3 Å². The lowest BCUT2D eigenvalue weighted by Crippen LogP contribution is -2.03. The normalized spacial score (nSPS) is 10.6. The number of ketones is 1. The molecule has 0 aliphatic heterocycles. The Morgan fingerprint density at radius 2 is 1.85 bits per heavy atom. The summed E-state index contributed by atoms with van der Waals surface area (Å²) in [7, 11) is 0. The maximum absolute atomic E-state index is 12.5. The van der Waals surface area contributed by atoms with Gasteiger partial charge in [0.05, 0.1) is 0 Å². The predicted octanol–water partition coefficient (Wildman–Crippen LogP) is 5.63. The van der Waals surface area contributed by atoms with Crippen molar-refractivity contribution in [3.05, 3.63) is 67.2 Å². The first kappa shape index (κ1) is 15.7. The Labute approximate surface area is 142 Å². The Hall–Kier alpha value is -0.680. The van der Waals surface area contributed by atoms with Gasteiger partial charge in [-0.15, -0.1) is 0 Å². The zero-order valence-electron chi connectivity index (χ0n) is 11.3. The molecule has 0 radical (unpaired) electrons. The second-order valence-electron chi connectivity index (χ2n) is 4.75. The van der Waals surface area contributed by atoms with Crippen LogP contribution in [0.4, 0.5) is 0 Å². The molecule has 0 heterocycles. The molecule has 0 amide bonds. The molecule has 0 unspecified atom stereocenters. The van der Waals surface area contributed by atoms with Crippen LogP contribution in [-0.2, 0) is 6.42 Å². The van der Waals surface area contributed by atoms with Crippen molar-refractivity contribution in [2.24, 2.45) is 0 Å². The highest BCUT2D eigenvalue weighted by Gasteiger charge is 2.12. The van der Waals surface area contributed by atoms with Crippen molar-refractivity contribution in [1.29, 1.82) is 0 Å². The summed E-state index contributed by atoms with van der Waals surface area (Å²) in [6, 6.07) is 13.8. The quantitative estimate of drug-likeness (QED) is 0.433. The van der Waals surface area contributed by atoms with Crippen LogP contribution in [-0.4, -0.2) is 5.78 Å². The van der Waals surface area contributed by atoms with E-state index in [9.17, 15) is 4.79 Å². The van der Waals surface area contributed by atoms with Gasteiger partial charge in [-0.1, -0.05) is 53.5 Å². The van der Waals surface area contributed by atoms with Crippen LogP contribution < -0.4 is 0 Å². The van der Waals surface area contributed by atoms with Crippen molar-refractivity contribution in [3.8, 4) is 0 Å². The molecule has 0 saturated carbocycles. The predicted molar refractivity (Wildman–Crippen MR) is 95.3 cm³/mol. The second kappa shape index (κ2) is 7.36. The van der Waals surface area contributed by atoms with E-state index in [1.165, 1.54) is 18.4 Å². The van der Waals surface area contributed by atoms with Crippen molar-refractivity contribution in [2.45, 2.75) is 26.2 Å². The molecule has 0 bridgehead atoms. The molecule has 0 N–H and O–H groups in total. The highest BCUT2D eigenvalue weighted by atomic mass is 127. The molecule has 0 fully saturated rings. The maximum atomic E-state index is 12.5. The number of aryl methyl sites for hydroxylation is 1. The van der Waals surface area contributed by atoms with Gasteiger partial charge in [-0.2, -0.15) is 0 Å². The summed E-state index contributed by atoms with van der Waals surface area (Å²) in [6.45, 7) is 2.19. The Morgan fingerprint density at radius 3 is 2.50 bits per heavy atom. The highest BCUT2D eigenvalue weighted by molar-refractivity contribution is 14.1. The minimum Gasteiger partial charge on any atom is -0.289 e. The lowest BCUT2D eigenvalue weighted by atomic mass is 10.0. The van der Waals surface area contributed by atoms with E-state index in [0.29, 0.717) is 0 Å². The zero-order valence-corrected chi connectivity index (χ0v) is 15.1. The second-order valence-corrected chi connectivity index (χ2v) is 6.85. The summed E-state index contributed by atoms with van der Waals surface area (Å²) in [4.78, 5) is 12.5. The average molecular weight is 443 g/mol. The van der Waals surface area contributed by atoms with Crippen LogP contribution in [0.5, 0.6) is 0 Å². The fourth-order valence-corrected chi connectivity index (χ4v) is 2.95. The number of hydrogen-bond acceptors (Lipinski definition) is 1. The topological polar surface area (TPSA) is 17.1 Å². The number of carbonyl (C=O) groups excluding carboxylic acids is 1. The van der Waals surface area contributed by atoms with E-state index < -0.39 is 0 Å². The van der Waals surface area contributed by atoms with E-state index >= 15 is 0 Å². The molecule has 0 aliphatic carbocycles. The van der Waals surface area contributed by atoms with E-state index in [4.69, 9.17) is 0 Å². The van der Waals surface area contributed by atoms with E-state index in [0.717, 1.165) is 25.6 Å². The number of carbonyl (C=O) groups is 1. The Bertz CT molecular complexity index is 605. The number of hydrogen-bond donors (Lipinski definition) is 0. The zero-order chi connectivity index (χ0) is 14.5. The molecule has 1 nitrogen and oxygen atoms in total. The summed E-state index contributed by atoms with van der Waals surface area (Å²) in [5, 5.41) is 0. The van der Waals surface area contributed by atoms with Crippen molar-refractivity contribution in [2.75, 3.05) is 0 Å². The van der Waals surface area contributed by atoms with Gasteiger partial charge < -0.3 is 0 Å². The summed E-state index contributed by atoms with van der Waals surface area (Å²) in [5.74, 6) is 0.0671. The van der Waals surface area contributed by atoms with Gasteiger partial charge in [0, 0.05) is 19.2 Å². The van der Waals surface area contributed by atoms with Gasteiger partial charge in [-0.05, 0) is 59.2 Å². The van der Waals surface area contributed by atoms with Gasteiger partial charge in [0.1, 0.15) is 0 Å². The van der Waals surface area contributed by atoms with Crippen molar-refractivity contribution in [1.82, 2.24) is 0 Å². The molecule has 0 aliphatic rings. The van der Waals surface area contributed by atoms with Crippen molar-refractivity contribution < 1.29 is 4.79 Å². The fraction of sp³-hybridized carbons (Fsp3) is 0.235. The number of unbranched alkanes of at least 4 members (excludes halogenated alkanes) is 1. The van der Waals surface area contributed by atoms with Crippen LogP contribution in [0.25, 0.3) is 0 Å². The third-order valence-electron chi connectivity index (χ3n) is 3.21. The Morgan fingerprint density at radius 1 is 1.15 bits per heavy atom. The van der Waals surface area contributed by atoms with Crippen LogP contribution in [0, 0.1) is 3.57 Å². The molecular formula is C17H16BrIO. The lowest BCUT2D eigenvalue weighted by molar-refractivity contribution is 0.103. The molecule has 20 heavy (non-hydrogen) atoms. The number of halogens is 2. The van der Waals surface area contributed by atoms with E-state index in [2.05, 4.69) is 57.6 Å². The van der Waals surface area contributed by atoms with Gasteiger partial charge in [-0.3, -0.25) is 4.79 Å². The summed E-state index contributed by atoms with van der Waals surface area (Å²) >= 11 is 5.68.